The molecule has 188 valence electrons. The van der Waals surface area contributed by atoms with Crippen LogP contribution in [0, 0.1) is 28.6 Å². The molecule has 5 aliphatic carbocycles. The summed E-state index contributed by atoms with van der Waals surface area (Å²) in [4.78, 5) is 14.9. The molecule has 0 amide bonds. The van der Waals surface area contributed by atoms with E-state index in [1.807, 2.05) is 0 Å². The Kier molecular flexibility index (Phi) is 4.07. The zero-order valence-electron chi connectivity index (χ0n) is 20.4. The lowest BCUT2D eigenvalue weighted by Gasteiger charge is -2.70. The second-order valence-corrected chi connectivity index (χ2v) is 12.1. The van der Waals surface area contributed by atoms with Crippen LogP contribution in [0.3, 0.4) is 0 Å². The summed E-state index contributed by atoms with van der Waals surface area (Å²) in [6, 6.07) is -0.345. The van der Waals surface area contributed by atoms with Gasteiger partial charge in [0.1, 0.15) is 18.5 Å². The van der Waals surface area contributed by atoms with Crippen LogP contribution in [0.5, 0.6) is 0 Å². The molecule has 7 aliphatic rings. The van der Waals surface area contributed by atoms with Crippen LogP contribution in [0.4, 0.5) is 0 Å². The van der Waals surface area contributed by atoms with Crippen molar-refractivity contribution in [2.45, 2.75) is 73.9 Å². The van der Waals surface area contributed by atoms with E-state index in [1.54, 1.807) is 14.2 Å². The third-order valence-electron chi connectivity index (χ3n) is 11.1. The van der Waals surface area contributed by atoms with Crippen molar-refractivity contribution in [3.63, 3.8) is 0 Å². The monoisotopic (exact) mass is 477 g/mol. The highest BCUT2D eigenvalue weighted by Gasteiger charge is 2.97. The summed E-state index contributed by atoms with van der Waals surface area (Å²) in [5.74, 6) is -1.34. The van der Waals surface area contributed by atoms with Crippen LogP contribution in [0.15, 0.2) is 12.2 Å². The van der Waals surface area contributed by atoms with Crippen molar-refractivity contribution in [1.82, 2.24) is 4.90 Å². The lowest BCUT2D eigenvalue weighted by molar-refractivity contribution is -0.315. The number of ether oxygens (including phenoxy) is 5. The number of nitrogens with zero attached hydrogens (tertiary/aromatic N) is 1. The predicted octanol–water partition coefficient (Wildman–Crippen LogP) is 0.0817. The Morgan fingerprint density at radius 3 is 2.62 bits per heavy atom. The lowest BCUT2D eigenvalue weighted by Crippen LogP contribution is -2.84. The Bertz CT molecular complexity index is 990. The van der Waals surface area contributed by atoms with E-state index in [2.05, 4.69) is 31.0 Å². The molecule has 2 saturated heterocycles. The smallest absolute Gasteiger partial charge is 0.303 e. The number of likely N-dealkylation sites (N-methyl/N-ethyl adjacent to an activating group) is 1. The summed E-state index contributed by atoms with van der Waals surface area (Å²) >= 11 is 0. The van der Waals surface area contributed by atoms with Gasteiger partial charge in [-0.2, -0.15) is 0 Å². The fourth-order valence-corrected chi connectivity index (χ4v) is 10.9. The van der Waals surface area contributed by atoms with Crippen LogP contribution < -0.4 is 0 Å². The molecule has 3 spiro atoms. The van der Waals surface area contributed by atoms with Crippen LogP contribution in [-0.2, 0) is 28.5 Å². The van der Waals surface area contributed by atoms with Gasteiger partial charge in [-0.05, 0) is 13.5 Å². The molecule has 0 unspecified atom stereocenters. The number of hydrogen-bond acceptors (Lipinski definition) is 9. The number of fused-ring (bicyclic) bond motifs is 1. The molecule has 4 saturated carbocycles. The highest BCUT2D eigenvalue weighted by Crippen LogP contribution is 2.82. The van der Waals surface area contributed by atoms with Gasteiger partial charge < -0.3 is 33.9 Å². The number of piperidine rings is 1. The maximum atomic E-state index is 13.1. The Hall–Kier alpha value is -1.07. The van der Waals surface area contributed by atoms with E-state index in [9.17, 15) is 15.0 Å². The summed E-state index contributed by atoms with van der Waals surface area (Å²) < 4.78 is 31.7. The molecule has 2 heterocycles. The summed E-state index contributed by atoms with van der Waals surface area (Å²) in [5, 5.41) is 24.5. The Morgan fingerprint density at radius 2 is 1.94 bits per heavy atom. The SMILES string of the molecule is CO[C@H]1[C@@H]2C[C@]3(O)[C@H]1[C@@]1(C[C@@H]2O)OCO[C@]12[C@H]1N(C)C[C@]4(C)C=C[C@H](OC)[C@@]13[C@@H]4[C@@H]2OC(C)=O. The first-order valence-electron chi connectivity index (χ1n) is 12.4. The Morgan fingerprint density at radius 1 is 1.18 bits per heavy atom. The van der Waals surface area contributed by atoms with Crippen molar-refractivity contribution >= 4 is 5.97 Å². The molecule has 9 nitrogen and oxygen atoms in total. The van der Waals surface area contributed by atoms with Gasteiger partial charge in [-0.3, -0.25) is 9.69 Å². The van der Waals surface area contributed by atoms with Gasteiger partial charge in [-0.1, -0.05) is 19.1 Å². The molecule has 2 aliphatic heterocycles. The molecule has 0 aromatic heterocycles. The van der Waals surface area contributed by atoms with Gasteiger partial charge in [0.05, 0.1) is 35.4 Å². The molecular formula is C25H35NO8. The van der Waals surface area contributed by atoms with Crippen molar-refractivity contribution in [1.29, 1.82) is 0 Å². The summed E-state index contributed by atoms with van der Waals surface area (Å²) in [7, 11) is 5.37. The Balaban J connectivity index is 1.63. The van der Waals surface area contributed by atoms with Crippen molar-refractivity contribution < 1.29 is 38.7 Å². The number of rotatable bonds is 3. The number of hydrogen-bond donors (Lipinski definition) is 2. The van der Waals surface area contributed by atoms with Gasteiger partial charge in [0, 0.05) is 57.3 Å². The lowest BCUT2D eigenvalue weighted by atomic mass is 9.42. The average Bonchev–Trinajstić information content (AvgIpc) is 3.32. The normalized spacial score (nSPS) is 62.6. The van der Waals surface area contributed by atoms with Gasteiger partial charge in [-0.25, -0.2) is 0 Å². The molecule has 34 heavy (non-hydrogen) atoms. The average molecular weight is 478 g/mol. The highest BCUT2D eigenvalue weighted by atomic mass is 16.7. The molecule has 0 aromatic carbocycles. The van der Waals surface area contributed by atoms with Crippen LogP contribution in [-0.4, -0.2) is 103 Å². The van der Waals surface area contributed by atoms with Crippen LogP contribution >= 0.6 is 0 Å². The van der Waals surface area contributed by atoms with Crippen LogP contribution in [0.1, 0.15) is 26.7 Å². The molecule has 7 bridgehead atoms. The van der Waals surface area contributed by atoms with E-state index in [1.165, 1.54) is 6.92 Å². The first-order chi connectivity index (χ1) is 16.1. The van der Waals surface area contributed by atoms with E-state index in [-0.39, 0.29) is 24.7 Å². The molecule has 0 aromatic rings. The molecule has 0 radical (unpaired) electrons. The highest BCUT2D eigenvalue weighted by molar-refractivity contribution is 5.67. The fourth-order valence-electron chi connectivity index (χ4n) is 10.9. The topological polar surface area (TPSA) is 107 Å². The standard InChI is InChI=1S/C25H35NO8/c1-12(27)34-19-18-21(2)7-6-15(30-4)24(18)20(26(3)10-21)25(19)23(32-11-33-25)9-14(28)13-8-22(24,29)17(23)16(13)31-5/h6-7,13-20,28-29H,8-11H2,1-5H3/t13-,14+,15+,16+,17+,18-,19+,20+,21+,22+,23-,24-,25-/m1/s1. The molecule has 13 atom stereocenters. The summed E-state index contributed by atoms with van der Waals surface area (Å²) in [6.07, 6.45) is 2.68. The maximum absolute atomic E-state index is 13.1. The third-order valence-corrected chi connectivity index (χ3v) is 11.1. The number of esters is 1. The third kappa shape index (κ3) is 1.86. The second-order valence-electron chi connectivity index (χ2n) is 12.1. The second kappa shape index (κ2) is 6.25. The number of aliphatic hydroxyl groups is 2. The number of aliphatic hydroxyl groups excluding tert-OH is 1. The van der Waals surface area contributed by atoms with Gasteiger partial charge in [0.15, 0.2) is 5.60 Å². The minimum absolute atomic E-state index is 0.00704. The van der Waals surface area contributed by atoms with Crippen molar-refractivity contribution in [2.75, 3.05) is 34.6 Å². The number of likely N-dealkylation sites (tertiary alicyclic amines) is 1. The summed E-state index contributed by atoms with van der Waals surface area (Å²) in [6.45, 7) is 4.33. The Labute approximate surface area is 199 Å². The van der Waals surface area contributed by atoms with Crippen LogP contribution in [0.2, 0.25) is 0 Å². The predicted molar refractivity (Wildman–Crippen MR) is 116 cm³/mol. The molecule has 2 N–H and O–H groups in total. The first kappa shape index (κ1) is 22.2. The minimum atomic E-state index is -1.29. The van der Waals surface area contributed by atoms with Gasteiger partial charge in [0.2, 0.25) is 0 Å². The largest absolute Gasteiger partial charge is 0.459 e. The summed E-state index contributed by atoms with van der Waals surface area (Å²) in [5.41, 5.74) is -4.69. The number of methoxy groups -OCH3 is 2. The van der Waals surface area contributed by atoms with Gasteiger partial charge >= 0.3 is 5.97 Å². The van der Waals surface area contributed by atoms with Gasteiger partial charge in [0.25, 0.3) is 0 Å². The quantitative estimate of drug-likeness (QED) is 0.432. The number of carbonyl (C=O) groups is 1. The first-order valence-corrected chi connectivity index (χ1v) is 12.4. The van der Waals surface area contributed by atoms with Crippen molar-refractivity contribution in [3.8, 4) is 0 Å². The maximum Gasteiger partial charge on any atom is 0.303 e. The van der Waals surface area contributed by atoms with Gasteiger partial charge in [-0.15, -0.1) is 0 Å². The molecular weight excluding hydrogens is 442 g/mol. The van der Waals surface area contributed by atoms with E-state index in [0.717, 1.165) is 6.54 Å². The van der Waals surface area contributed by atoms with E-state index >= 15 is 0 Å². The zero-order chi connectivity index (χ0) is 24.1. The van der Waals surface area contributed by atoms with Crippen LogP contribution in [0.25, 0.3) is 0 Å². The van der Waals surface area contributed by atoms with E-state index in [0.29, 0.717) is 12.8 Å². The molecule has 9 heteroatoms. The van der Waals surface area contributed by atoms with E-state index in [4.69, 9.17) is 23.7 Å². The molecule has 7 rings (SSSR count). The zero-order valence-corrected chi connectivity index (χ0v) is 20.4. The fraction of sp³-hybridized carbons (Fsp3) is 0.880. The van der Waals surface area contributed by atoms with Crippen molar-refractivity contribution in [3.05, 3.63) is 12.2 Å². The minimum Gasteiger partial charge on any atom is -0.459 e. The van der Waals surface area contributed by atoms with E-state index < -0.39 is 63.9 Å². The van der Waals surface area contributed by atoms with Crippen molar-refractivity contribution in [2.24, 2.45) is 28.6 Å². The molecule has 6 fully saturated rings. The number of carbonyl (C=O) groups excluding carboxylic acids is 1.